The van der Waals surface area contributed by atoms with Crippen molar-refractivity contribution in [2.24, 2.45) is 0 Å². The van der Waals surface area contributed by atoms with E-state index in [4.69, 9.17) is 4.74 Å². The Bertz CT molecular complexity index is 842. The maximum Gasteiger partial charge on any atom is 0.224 e. The van der Waals surface area contributed by atoms with Crippen LogP contribution in [-0.2, 0) is 11.2 Å². The molecule has 3 aromatic rings. The maximum absolute atomic E-state index is 13.6. The predicted molar refractivity (Wildman–Crippen MR) is 88.2 cm³/mol. The van der Waals surface area contributed by atoms with E-state index in [1.807, 2.05) is 30.5 Å². The monoisotopic (exact) mass is 312 g/mol. The number of fused-ring (bicyclic) bond motifs is 1. The van der Waals surface area contributed by atoms with Gasteiger partial charge in [0.2, 0.25) is 5.91 Å². The number of aromatic nitrogens is 1. The lowest BCUT2D eigenvalue weighted by molar-refractivity contribution is -0.116. The van der Waals surface area contributed by atoms with Crippen molar-refractivity contribution in [3.05, 3.63) is 60.0 Å². The Balaban J connectivity index is 1.63. The molecule has 0 saturated heterocycles. The van der Waals surface area contributed by atoms with E-state index < -0.39 is 5.82 Å². The zero-order valence-corrected chi connectivity index (χ0v) is 12.7. The molecule has 0 aliphatic rings. The molecule has 0 unspecified atom stereocenters. The van der Waals surface area contributed by atoms with Crippen LogP contribution < -0.4 is 10.1 Å². The molecule has 1 aromatic heterocycles. The number of benzene rings is 2. The molecule has 0 aliphatic heterocycles. The van der Waals surface area contributed by atoms with Gasteiger partial charge in [-0.15, -0.1) is 0 Å². The summed E-state index contributed by atoms with van der Waals surface area (Å²) in [5, 5.41) is 3.82. The van der Waals surface area contributed by atoms with Crippen LogP contribution in [0.3, 0.4) is 0 Å². The fraction of sp³-hybridized carbons (Fsp3) is 0.167. The minimum absolute atomic E-state index is 0.151. The summed E-state index contributed by atoms with van der Waals surface area (Å²) in [6.07, 6.45) is 2.84. The fourth-order valence-electron chi connectivity index (χ4n) is 2.58. The van der Waals surface area contributed by atoms with E-state index in [-0.39, 0.29) is 11.7 Å². The molecule has 2 aromatic carbocycles. The van der Waals surface area contributed by atoms with Gasteiger partial charge in [-0.2, -0.15) is 0 Å². The molecule has 0 fully saturated rings. The number of nitrogens with one attached hydrogen (secondary N) is 2. The first kappa shape index (κ1) is 15.1. The Morgan fingerprint density at radius 2 is 2.13 bits per heavy atom. The second-order valence-electron chi connectivity index (χ2n) is 5.25. The molecule has 0 bridgehead atoms. The molecule has 0 radical (unpaired) electrons. The number of hydrogen-bond donors (Lipinski definition) is 2. The smallest absolute Gasteiger partial charge is 0.224 e. The van der Waals surface area contributed by atoms with Crippen LogP contribution in [0.15, 0.2) is 48.7 Å². The third kappa shape index (κ3) is 3.34. The van der Waals surface area contributed by atoms with E-state index in [0.29, 0.717) is 18.5 Å². The van der Waals surface area contributed by atoms with Crippen molar-refractivity contribution in [3.63, 3.8) is 0 Å². The first-order chi connectivity index (χ1) is 11.2. The predicted octanol–water partition coefficient (Wildman–Crippen LogP) is 3.89. The zero-order valence-electron chi connectivity index (χ0n) is 12.7. The molecule has 0 saturated carbocycles. The molecular weight excluding hydrogens is 295 g/mol. The normalized spacial score (nSPS) is 10.7. The number of aromatic amines is 1. The molecule has 0 spiro atoms. The van der Waals surface area contributed by atoms with Crippen molar-refractivity contribution >= 4 is 22.5 Å². The minimum Gasteiger partial charge on any atom is -0.494 e. The molecule has 3 rings (SSSR count). The Labute approximate surface area is 133 Å². The van der Waals surface area contributed by atoms with Crippen LogP contribution in [0, 0.1) is 5.82 Å². The van der Waals surface area contributed by atoms with E-state index >= 15 is 0 Å². The van der Waals surface area contributed by atoms with Gasteiger partial charge in [0, 0.05) is 35.3 Å². The van der Waals surface area contributed by atoms with Gasteiger partial charge in [-0.05, 0) is 36.2 Å². The number of H-pyrrole nitrogens is 1. The largest absolute Gasteiger partial charge is 0.494 e. The Morgan fingerprint density at radius 1 is 1.26 bits per heavy atom. The van der Waals surface area contributed by atoms with Crippen molar-refractivity contribution in [2.45, 2.75) is 12.8 Å². The number of hydrogen-bond acceptors (Lipinski definition) is 2. The summed E-state index contributed by atoms with van der Waals surface area (Å²) in [6.45, 7) is 0. The zero-order chi connectivity index (χ0) is 16.2. The van der Waals surface area contributed by atoms with Gasteiger partial charge in [-0.3, -0.25) is 4.79 Å². The number of carbonyl (C=O) groups is 1. The lowest BCUT2D eigenvalue weighted by Crippen LogP contribution is -2.12. The summed E-state index contributed by atoms with van der Waals surface area (Å²) in [5.41, 5.74) is 2.59. The molecule has 5 heteroatoms. The number of halogens is 1. The lowest BCUT2D eigenvalue weighted by Gasteiger charge is -2.08. The molecule has 118 valence electrons. The van der Waals surface area contributed by atoms with Crippen molar-refractivity contribution in [1.29, 1.82) is 0 Å². The molecule has 23 heavy (non-hydrogen) atoms. The Hall–Kier alpha value is -2.82. The highest BCUT2D eigenvalue weighted by Crippen LogP contribution is 2.21. The SMILES string of the molecule is COc1ccc(NC(=O)CCc2cccc3[nH]ccc23)cc1F. The highest BCUT2D eigenvalue weighted by molar-refractivity contribution is 5.91. The third-order valence-corrected chi connectivity index (χ3v) is 3.74. The van der Waals surface area contributed by atoms with E-state index in [9.17, 15) is 9.18 Å². The van der Waals surface area contributed by atoms with Crippen molar-refractivity contribution in [3.8, 4) is 5.75 Å². The molecule has 4 nitrogen and oxygen atoms in total. The quantitative estimate of drug-likeness (QED) is 0.751. The molecule has 1 heterocycles. The van der Waals surface area contributed by atoms with Crippen molar-refractivity contribution < 1.29 is 13.9 Å². The van der Waals surface area contributed by atoms with Gasteiger partial charge in [0.05, 0.1) is 7.11 Å². The summed E-state index contributed by atoms with van der Waals surface area (Å²) in [5.74, 6) is -0.494. The van der Waals surface area contributed by atoms with Crippen LogP contribution in [0.1, 0.15) is 12.0 Å². The molecule has 1 amide bonds. The average molecular weight is 312 g/mol. The maximum atomic E-state index is 13.6. The molecule has 0 atom stereocenters. The summed E-state index contributed by atoms with van der Waals surface area (Å²) >= 11 is 0. The molecule has 2 N–H and O–H groups in total. The standard InChI is InChI=1S/C18H17FN2O2/c1-23-17-7-6-13(11-15(17)19)21-18(22)8-5-12-3-2-4-16-14(12)9-10-20-16/h2-4,6-7,9-11,20H,5,8H2,1H3,(H,21,22). The first-order valence-electron chi connectivity index (χ1n) is 7.36. The van der Waals surface area contributed by atoms with Gasteiger partial charge < -0.3 is 15.0 Å². The van der Waals surface area contributed by atoms with Gasteiger partial charge in [0.15, 0.2) is 11.6 Å². The van der Waals surface area contributed by atoms with Crippen LogP contribution >= 0.6 is 0 Å². The van der Waals surface area contributed by atoms with Crippen molar-refractivity contribution in [2.75, 3.05) is 12.4 Å². The van der Waals surface area contributed by atoms with E-state index in [0.717, 1.165) is 16.5 Å². The molecular formula is C18H17FN2O2. The topological polar surface area (TPSA) is 54.1 Å². The third-order valence-electron chi connectivity index (χ3n) is 3.74. The number of ether oxygens (including phenoxy) is 1. The fourth-order valence-corrected chi connectivity index (χ4v) is 2.58. The molecule has 0 aliphatic carbocycles. The first-order valence-corrected chi connectivity index (χ1v) is 7.36. The number of carbonyl (C=O) groups excluding carboxylic acids is 1. The van der Waals surface area contributed by atoms with Crippen LogP contribution in [0.2, 0.25) is 0 Å². The number of aryl methyl sites for hydroxylation is 1. The summed E-state index contributed by atoms with van der Waals surface area (Å²) in [7, 11) is 1.40. The summed E-state index contributed by atoms with van der Waals surface area (Å²) in [4.78, 5) is 15.2. The minimum atomic E-state index is -0.498. The lowest BCUT2D eigenvalue weighted by atomic mass is 10.1. The Kier molecular flexibility index (Phi) is 4.28. The number of anilines is 1. The van der Waals surface area contributed by atoms with Gasteiger partial charge >= 0.3 is 0 Å². The van der Waals surface area contributed by atoms with E-state index in [1.54, 1.807) is 6.07 Å². The van der Waals surface area contributed by atoms with Crippen LogP contribution in [0.5, 0.6) is 5.75 Å². The van der Waals surface area contributed by atoms with Gasteiger partial charge in [-0.1, -0.05) is 12.1 Å². The van der Waals surface area contributed by atoms with Crippen LogP contribution in [-0.4, -0.2) is 18.0 Å². The Morgan fingerprint density at radius 3 is 2.91 bits per heavy atom. The van der Waals surface area contributed by atoms with Crippen molar-refractivity contribution in [1.82, 2.24) is 4.98 Å². The van der Waals surface area contributed by atoms with Crippen LogP contribution in [0.25, 0.3) is 10.9 Å². The van der Waals surface area contributed by atoms with Crippen LogP contribution in [0.4, 0.5) is 10.1 Å². The summed E-state index contributed by atoms with van der Waals surface area (Å²) < 4.78 is 18.5. The van der Waals surface area contributed by atoms with Gasteiger partial charge in [0.1, 0.15) is 0 Å². The second-order valence-corrected chi connectivity index (χ2v) is 5.25. The van der Waals surface area contributed by atoms with Gasteiger partial charge in [-0.25, -0.2) is 4.39 Å². The average Bonchev–Trinajstić information content (AvgIpc) is 3.02. The summed E-state index contributed by atoms with van der Waals surface area (Å²) in [6, 6.07) is 12.3. The number of rotatable bonds is 5. The highest BCUT2D eigenvalue weighted by Gasteiger charge is 2.08. The van der Waals surface area contributed by atoms with E-state index in [2.05, 4.69) is 10.3 Å². The number of amides is 1. The highest BCUT2D eigenvalue weighted by atomic mass is 19.1. The second kappa shape index (κ2) is 6.52. The number of methoxy groups -OCH3 is 1. The van der Waals surface area contributed by atoms with Gasteiger partial charge in [0.25, 0.3) is 0 Å². The van der Waals surface area contributed by atoms with E-state index in [1.165, 1.54) is 19.2 Å².